The highest BCUT2D eigenvalue weighted by atomic mass is 16.1. The highest BCUT2D eigenvalue weighted by Crippen LogP contribution is 2.24. The molecule has 2 N–H and O–H groups in total. The van der Waals surface area contributed by atoms with Gasteiger partial charge in [0, 0.05) is 6.04 Å². The van der Waals surface area contributed by atoms with Crippen molar-refractivity contribution in [1.29, 1.82) is 0 Å². The first-order chi connectivity index (χ1) is 11.3. The molecule has 1 heterocycles. The first-order valence-corrected chi connectivity index (χ1v) is 8.39. The van der Waals surface area contributed by atoms with Crippen molar-refractivity contribution in [2.24, 2.45) is 0 Å². The van der Waals surface area contributed by atoms with Crippen LogP contribution < -0.4 is 10.6 Å². The smallest absolute Gasteiger partial charge is 0.227 e. The summed E-state index contributed by atoms with van der Waals surface area (Å²) in [7, 11) is 0. The minimum absolute atomic E-state index is 0.103. The molecule has 0 unspecified atom stereocenters. The van der Waals surface area contributed by atoms with Crippen molar-refractivity contribution in [2.45, 2.75) is 37.8 Å². The molecule has 120 valence electrons. The Morgan fingerprint density at radius 1 is 1.09 bits per heavy atom. The first kappa shape index (κ1) is 15.8. The molecule has 1 aliphatic heterocycles. The average Bonchev–Trinajstić information content (AvgIpc) is 2.63. The van der Waals surface area contributed by atoms with Crippen molar-refractivity contribution in [2.75, 3.05) is 6.54 Å². The second-order valence-corrected chi connectivity index (χ2v) is 6.23. The highest BCUT2D eigenvalue weighted by molar-refractivity contribution is 5.83. The van der Waals surface area contributed by atoms with Gasteiger partial charge in [-0.1, -0.05) is 60.7 Å². The molecule has 3 nitrogen and oxygen atoms in total. The normalized spacial score (nSPS) is 22.3. The van der Waals surface area contributed by atoms with Gasteiger partial charge < -0.3 is 10.6 Å². The molecule has 1 aliphatic rings. The lowest BCUT2D eigenvalue weighted by atomic mass is 9.91. The van der Waals surface area contributed by atoms with Crippen LogP contribution in [0.4, 0.5) is 0 Å². The summed E-state index contributed by atoms with van der Waals surface area (Å²) in [6, 6.07) is 20.7. The Labute approximate surface area is 138 Å². The lowest BCUT2D eigenvalue weighted by Gasteiger charge is -2.34. The minimum atomic E-state index is -0.130. The number of carbonyl (C=O) groups excluding carboxylic acids is 1. The second-order valence-electron chi connectivity index (χ2n) is 6.23. The number of nitrogens with one attached hydrogen (secondary N) is 2. The zero-order valence-corrected chi connectivity index (χ0v) is 13.5. The summed E-state index contributed by atoms with van der Waals surface area (Å²) in [5.74, 6) is -0.0274. The average molecular weight is 308 g/mol. The first-order valence-electron chi connectivity index (χ1n) is 8.39. The van der Waals surface area contributed by atoms with Gasteiger partial charge in [0.25, 0.3) is 0 Å². The van der Waals surface area contributed by atoms with Crippen LogP contribution in [0, 0.1) is 0 Å². The van der Waals surface area contributed by atoms with Gasteiger partial charge in [-0.3, -0.25) is 4.79 Å². The van der Waals surface area contributed by atoms with E-state index in [1.165, 1.54) is 5.56 Å². The van der Waals surface area contributed by atoms with Crippen LogP contribution in [-0.4, -0.2) is 18.5 Å². The lowest BCUT2D eigenvalue weighted by Crippen LogP contribution is -2.49. The largest absolute Gasteiger partial charge is 0.351 e. The summed E-state index contributed by atoms with van der Waals surface area (Å²) in [4.78, 5) is 12.6. The van der Waals surface area contributed by atoms with Gasteiger partial charge in [-0.15, -0.1) is 0 Å². The van der Waals surface area contributed by atoms with E-state index in [0.717, 1.165) is 24.9 Å². The Morgan fingerprint density at radius 3 is 2.43 bits per heavy atom. The van der Waals surface area contributed by atoms with Crippen LogP contribution in [0.2, 0.25) is 0 Å². The van der Waals surface area contributed by atoms with Gasteiger partial charge in [0.05, 0.1) is 12.0 Å². The summed E-state index contributed by atoms with van der Waals surface area (Å²) in [6.45, 7) is 2.97. The molecule has 0 spiro atoms. The number of hydrogen-bond acceptors (Lipinski definition) is 2. The Hall–Kier alpha value is -2.13. The van der Waals surface area contributed by atoms with Gasteiger partial charge >= 0.3 is 0 Å². The van der Waals surface area contributed by atoms with Gasteiger partial charge in [-0.25, -0.2) is 0 Å². The molecule has 2 aromatic rings. The molecule has 1 fully saturated rings. The number of piperidine rings is 1. The van der Waals surface area contributed by atoms with E-state index in [9.17, 15) is 4.79 Å². The molecule has 1 amide bonds. The van der Waals surface area contributed by atoms with E-state index < -0.39 is 0 Å². The summed E-state index contributed by atoms with van der Waals surface area (Å²) in [5, 5.41) is 6.82. The zero-order valence-electron chi connectivity index (χ0n) is 13.5. The minimum Gasteiger partial charge on any atom is -0.351 e. The van der Waals surface area contributed by atoms with Crippen molar-refractivity contribution in [1.82, 2.24) is 10.6 Å². The van der Waals surface area contributed by atoms with E-state index in [1.54, 1.807) is 0 Å². The summed E-state index contributed by atoms with van der Waals surface area (Å²) in [6.07, 6.45) is 2.10. The third kappa shape index (κ3) is 3.80. The molecule has 23 heavy (non-hydrogen) atoms. The van der Waals surface area contributed by atoms with Crippen LogP contribution in [0.3, 0.4) is 0 Å². The monoisotopic (exact) mass is 308 g/mol. The lowest BCUT2D eigenvalue weighted by molar-refractivity contribution is -0.123. The van der Waals surface area contributed by atoms with Gasteiger partial charge in [0.1, 0.15) is 0 Å². The fourth-order valence-corrected chi connectivity index (χ4v) is 3.26. The van der Waals surface area contributed by atoms with Crippen LogP contribution >= 0.6 is 0 Å². The second kappa shape index (κ2) is 7.42. The topological polar surface area (TPSA) is 41.1 Å². The van der Waals surface area contributed by atoms with Gasteiger partial charge in [0.2, 0.25) is 5.91 Å². The fourth-order valence-electron chi connectivity index (χ4n) is 3.26. The molecule has 0 bridgehead atoms. The number of carbonyl (C=O) groups is 1. The van der Waals surface area contributed by atoms with E-state index in [-0.39, 0.29) is 23.9 Å². The Balaban J connectivity index is 1.71. The molecule has 0 aromatic heterocycles. The number of hydrogen-bond donors (Lipinski definition) is 2. The van der Waals surface area contributed by atoms with E-state index in [4.69, 9.17) is 0 Å². The highest BCUT2D eigenvalue weighted by Gasteiger charge is 2.28. The fraction of sp³-hybridized carbons (Fsp3) is 0.350. The van der Waals surface area contributed by atoms with Crippen molar-refractivity contribution >= 4 is 5.91 Å². The summed E-state index contributed by atoms with van der Waals surface area (Å²) >= 11 is 0. The molecular formula is C20H24N2O. The molecular weight excluding hydrogens is 284 g/mol. The van der Waals surface area contributed by atoms with Gasteiger partial charge in [-0.05, 0) is 37.4 Å². The molecule has 0 aliphatic carbocycles. The molecule has 3 atom stereocenters. The Morgan fingerprint density at radius 2 is 1.74 bits per heavy atom. The molecule has 0 radical (unpaired) electrons. The van der Waals surface area contributed by atoms with Crippen molar-refractivity contribution in [3.05, 3.63) is 71.8 Å². The number of amides is 1. The van der Waals surface area contributed by atoms with Crippen molar-refractivity contribution in [3.63, 3.8) is 0 Å². The maximum Gasteiger partial charge on any atom is 0.227 e. The standard InChI is InChI=1S/C20H24N2O/c1-15(16-9-4-2-5-10-16)20(23)22-18-13-8-14-21-19(18)17-11-6-3-7-12-17/h2-7,9-12,15,18-19,21H,8,13-14H2,1H3,(H,22,23)/t15-,18-,19-/m0/s1. The summed E-state index contributed by atoms with van der Waals surface area (Å²) < 4.78 is 0. The van der Waals surface area contributed by atoms with Crippen LogP contribution in [0.1, 0.15) is 42.9 Å². The van der Waals surface area contributed by atoms with Gasteiger partial charge in [0.15, 0.2) is 0 Å². The van der Waals surface area contributed by atoms with E-state index in [0.29, 0.717) is 0 Å². The van der Waals surface area contributed by atoms with Gasteiger partial charge in [-0.2, -0.15) is 0 Å². The predicted octanol–water partition coefficient (Wildman–Crippen LogP) is 3.40. The third-order valence-corrected chi connectivity index (χ3v) is 4.64. The molecule has 2 aromatic carbocycles. The zero-order chi connectivity index (χ0) is 16.1. The molecule has 1 saturated heterocycles. The maximum absolute atomic E-state index is 12.6. The van der Waals surface area contributed by atoms with E-state index in [1.807, 2.05) is 43.3 Å². The molecule has 0 saturated carbocycles. The SMILES string of the molecule is C[C@H](C(=O)N[C@H]1CCCN[C@H]1c1ccccc1)c1ccccc1. The van der Waals surface area contributed by atoms with Crippen molar-refractivity contribution in [3.8, 4) is 0 Å². The van der Waals surface area contributed by atoms with E-state index >= 15 is 0 Å². The van der Waals surface area contributed by atoms with Crippen LogP contribution in [0.25, 0.3) is 0 Å². The summed E-state index contributed by atoms with van der Waals surface area (Å²) in [5.41, 5.74) is 2.30. The Bertz CT molecular complexity index is 627. The maximum atomic E-state index is 12.6. The van der Waals surface area contributed by atoms with E-state index in [2.05, 4.69) is 34.9 Å². The molecule has 3 rings (SSSR count). The van der Waals surface area contributed by atoms with Crippen LogP contribution in [0.5, 0.6) is 0 Å². The van der Waals surface area contributed by atoms with Crippen LogP contribution in [0.15, 0.2) is 60.7 Å². The molecule has 3 heteroatoms. The quantitative estimate of drug-likeness (QED) is 0.909. The van der Waals surface area contributed by atoms with Crippen molar-refractivity contribution < 1.29 is 4.79 Å². The predicted molar refractivity (Wildman–Crippen MR) is 93.2 cm³/mol. The number of rotatable bonds is 4. The number of benzene rings is 2. The third-order valence-electron chi connectivity index (χ3n) is 4.64. The Kier molecular flexibility index (Phi) is 5.09. The van der Waals surface area contributed by atoms with Crippen LogP contribution in [-0.2, 0) is 4.79 Å².